The van der Waals surface area contributed by atoms with Gasteiger partial charge in [-0.2, -0.15) is 0 Å². The molecule has 1 aliphatic rings. The summed E-state index contributed by atoms with van der Waals surface area (Å²) in [7, 11) is 1.31. The number of ether oxygens (including phenoxy) is 3. The number of aliphatic carboxylic acids is 1. The van der Waals surface area contributed by atoms with Gasteiger partial charge in [-0.3, -0.25) is 4.79 Å². The van der Waals surface area contributed by atoms with E-state index in [2.05, 4.69) is 5.32 Å². The van der Waals surface area contributed by atoms with Gasteiger partial charge in [-0.25, -0.2) is 9.18 Å². The lowest BCUT2D eigenvalue weighted by Gasteiger charge is -2.19. The van der Waals surface area contributed by atoms with E-state index in [0.29, 0.717) is 30.3 Å². The van der Waals surface area contributed by atoms with E-state index in [1.54, 1.807) is 18.2 Å². The lowest BCUT2D eigenvalue weighted by atomic mass is 10.1. The van der Waals surface area contributed by atoms with E-state index in [-0.39, 0.29) is 17.7 Å². The number of rotatable bonds is 6. The highest BCUT2D eigenvalue weighted by Crippen LogP contribution is 2.31. The third-order valence-corrected chi connectivity index (χ3v) is 4.03. The minimum atomic E-state index is -1.38. The molecule has 1 aliphatic heterocycles. The summed E-state index contributed by atoms with van der Waals surface area (Å²) in [5.74, 6) is -1.39. The highest BCUT2D eigenvalue weighted by Gasteiger charge is 2.24. The average Bonchev–Trinajstić information content (AvgIpc) is 2.65. The molecule has 0 saturated carbocycles. The predicted molar refractivity (Wildman–Crippen MR) is 92.6 cm³/mol. The van der Waals surface area contributed by atoms with E-state index in [4.69, 9.17) is 14.2 Å². The van der Waals surface area contributed by atoms with Gasteiger partial charge in [0.1, 0.15) is 13.2 Å². The van der Waals surface area contributed by atoms with Crippen LogP contribution in [-0.2, 0) is 16.0 Å². The molecule has 1 heterocycles. The average molecular weight is 375 g/mol. The van der Waals surface area contributed by atoms with Crippen LogP contribution in [0.5, 0.6) is 17.2 Å². The number of hydrogen-bond donors (Lipinski definition) is 2. The fourth-order valence-electron chi connectivity index (χ4n) is 2.74. The molecule has 0 aliphatic carbocycles. The van der Waals surface area contributed by atoms with Crippen molar-refractivity contribution < 1.29 is 33.3 Å². The molecule has 0 radical (unpaired) electrons. The molecule has 0 bridgehead atoms. The van der Waals surface area contributed by atoms with E-state index in [1.807, 2.05) is 0 Å². The minimum absolute atomic E-state index is 0.00880. The lowest BCUT2D eigenvalue weighted by Crippen LogP contribution is -2.34. The van der Waals surface area contributed by atoms with Crippen molar-refractivity contribution in [1.29, 1.82) is 0 Å². The van der Waals surface area contributed by atoms with Crippen LogP contribution < -0.4 is 19.5 Å². The Morgan fingerprint density at radius 1 is 1.19 bits per heavy atom. The second-order valence-corrected chi connectivity index (χ2v) is 5.89. The van der Waals surface area contributed by atoms with Gasteiger partial charge in [0.2, 0.25) is 5.91 Å². The van der Waals surface area contributed by atoms with Gasteiger partial charge < -0.3 is 24.6 Å². The van der Waals surface area contributed by atoms with Crippen LogP contribution in [0.15, 0.2) is 36.4 Å². The second kappa shape index (κ2) is 7.94. The lowest BCUT2D eigenvalue weighted by molar-refractivity contribution is -0.142. The van der Waals surface area contributed by atoms with Crippen LogP contribution in [0, 0.1) is 5.82 Å². The van der Waals surface area contributed by atoms with Gasteiger partial charge in [0, 0.05) is 0 Å². The molecule has 1 unspecified atom stereocenters. The van der Waals surface area contributed by atoms with Gasteiger partial charge in [0.25, 0.3) is 0 Å². The van der Waals surface area contributed by atoms with Crippen molar-refractivity contribution in [3.63, 3.8) is 0 Å². The molecule has 142 valence electrons. The van der Waals surface area contributed by atoms with Crippen LogP contribution in [0.25, 0.3) is 0 Å². The molecular weight excluding hydrogens is 357 g/mol. The topological polar surface area (TPSA) is 94.1 Å². The Kier molecular flexibility index (Phi) is 5.44. The van der Waals surface area contributed by atoms with Crippen LogP contribution in [0.1, 0.15) is 17.2 Å². The molecule has 8 heteroatoms. The number of carbonyl (C=O) groups is 2. The third-order valence-electron chi connectivity index (χ3n) is 4.03. The fraction of sp³-hybridized carbons (Fsp3) is 0.263. The maximum atomic E-state index is 13.9. The van der Waals surface area contributed by atoms with Crippen molar-refractivity contribution in [1.82, 2.24) is 5.32 Å². The Balaban J connectivity index is 1.72. The molecule has 0 saturated heterocycles. The maximum Gasteiger partial charge on any atom is 0.330 e. The zero-order valence-corrected chi connectivity index (χ0v) is 14.5. The number of carboxylic acid groups (broad SMARTS) is 1. The van der Waals surface area contributed by atoms with Crippen LogP contribution in [0.4, 0.5) is 4.39 Å². The Morgan fingerprint density at radius 2 is 1.93 bits per heavy atom. The smallest absolute Gasteiger partial charge is 0.330 e. The van der Waals surface area contributed by atoms with E-state index < -0.39 is 23.7 Å². The number of amides is 1. The van der Waals surface area contributed by atoms with Crippen molar-refractivity contribution in [3.8, 4) is 17.2 Å². The quantitative estimate of drug-likeness (QED) is 0.803. The first-order valence-corrected chi connectivity index (χ1v) is 8.22. The molecule has 0 spiro atoms. The van der Waals surface area contributed by atoms with Crippen LogP contribution in [0.3, 0.4) is 0 Å². The summed E-state index contributed by atoms with van der Waals surface area (Å²) in [5.41, 5.74) is 0.748. The molecule has 7 nitrogen and oxygen atoms in total. The SMILES string of the molecule is COc1ccc(C(NC(=O)Cc2ccc3c(c2)OCCO3)C(=O)O)cc1F. The van der Waals surface area contributed by atoms with Gasteiger partial charge in [0.15, 0.2) is 29.1 Å². The molecule has 1 amide bonds. The summed E-state index contributed by atoms with van der Waals surface area (Å²) < 4.78 is 29.6. The van der Waals surface area contributed by atoms with Gasteiger partial charge in [-0.05, 0) is 35.4 Å². The molecule has 2 N–H and O–H groups in total. The summed E-state index contributed by atoms with van der Waals surface area (Å²) >= 11 is 0. The monoisotopic (exact) mass is 375 g/mol. The molecule has 0 aromatic heterocycles. The first-order valence-electron chi connectivity index (χ1n) is 8.22. The summed E-state index contributed by atoms with van der Waals surface area (Å²) in [6, 6.07) is 7.44. The number of benzene rings is 2. The maximum absolute atomic E-state index is 13.9. The molecule has 2 aromatic carbocycles. The Labute approximate surface area is 154 Å². The normalized spacial score (nSPS) is 13.6. The number of fused-ring (bicyclic) bond motifs is 1. The number of halogens is 1. The van der Waals surface area contributed by atoms with Crippen molar-refractivity contribution >= 4 is 11.9 Å². The first kappa shape index (κ1) is 18.5. The zero-order valence-electron chi connectivity index (χ0n) is 14.5. The predicted octanol–water partition coefficient (Wildman–Crippen LogP) is 2.09. The van der Waals surface area contributed by atoms with E-state index in [9.17, 15) is 19.1 Å². The molecule has 27 heavy (non-hydrogen) atoms. The minimum Gasteiger partial charge on any atom is -0.494 e. The van der Waals surface area contributed by atoms with Crippen molar-refractivity contribution in [2.45, 2.75) is 12.5 Å². The highest BCUT2D eigenvalue weighted by atomic mass is 19.1. The first-order chi connectivity index (χ1) is 13.0. The number of carbonyl (C=O) groups excluding carboxylic acids is 1. The van der Waals surface area contributed by atoms with Crippen LogP contribution in [0.2, 0.25) is 0 Å². The summed E-state index contributed by atoms with van der Waals surface area (Å²) in [6.07, 6.45) is -0.0565. The van der Waals surface area contributed by atoms with Gasteiger partial charge in [-0.1, -0.05) is 12.1 Å². The molecule has 0 fully saturated rings. The molecule has 2 aromatic rings. The Bertz CT molecular complexity index is 869. The second-order valence-electron chi connectivity index (χ2n) is 5.89. The molecular formula is C19H18FNO6. The van der Waals surface area contributed by atoms with E-state index in [1.165, 1.54) is 19.2 Å². The number of methoxy groups -OCH3 is 1. The molecule has 3 rings (SSSR count). The fourth-order valence-corrected chi connectivity index (χ4v) is 2.74. The summed E-state index contributed by atoms with van der Waals surface area (Å²) in [6.45, 7) is 0.887. The van der Waals surface area contributed by atoms with Gasteiger partial charge in [0.05, 0.1) is 13.5 Å². The van der Waals surface area contributed by atoms with Gasteiger partial charge >= 0.3 is 5.97 Å². The zero-order chi connectivity index (χ0) is 19.4. The number of hydrogen-bond acceptors (Lipinski definition) is 5. The highest BCUT2D eigenvalue weighted by molar-refractivity contribution is 5.85. The van der Waals surface area contributed by atoms with E-state index in [0.717, 1.165) is 6.07 Å². The Morgan fingerprint density at radius 3 is 2.59 bits per heavy atom. The standard InChI is InChI=1S/C19H18FNO6/c1-25-14-5-3-12(10-13(14)20)18(19(23)24)21-17(22)9-11-2-4-15-16(8-11)27-7-6-26-15/h2-5,8,10,18H,6-7,9H2,1H3,(H,21,22)(H,23,24). The van der Waals surface area contributed by atoms with Crippen molar-refractivity contribution in [2.24, 2.45) is 0 Å². The van der Waals surface area contributed by atoms with E-state index >= 15 is 0 Å². The largest absolute Gasteiger partial charge is 0.494 e. The number of carboxylic acids is 1. The summed E-state index contributed by atoms with van der Waals surface area (Å²) in [5, 5.41) is 11.8. The van der Waals surface area contributed by atoms with Gasteiger partial charge in [-0.15, -0.1) is 0 Å². The van der Waals surface area contributed by atoms with Crippen LogP contribution in [-0.4, -0.2) is 37.3 Å². The number of nitrogens with one attached hydrogen (secondary N) is 1. The van der Waals surface area contributed by atoms with Crippen molar-refractivity contribution in [2.75, 3.05) is 20.3 Å². The Hall–Kier alpha value is -3.29. The van der Waals surface area contributed by atoms with Crippen LogP contribution >= 0.6 is 0 Å². The third kappa shape index (κ3) is 4.28. The summed E-state index contributed by atoms with van der Waals surface area (Å²) in [4.78, 5) is 23.9. The molecule has 1 atom stereocenters. The van der Waals surface area contributed by atoms with Crippen molar-refractivity contribution in [3.05, 3.63) is 53.3 Å².